The number of nitrogens with zero attached hydrogens (tertiary/aromatic N) is 3. The molecule has 2 bridgehead atoms. The monoisotopic (exact) mass is 409 g/mol. The summed E-state index contributed by atoms with van der Waals surface area (Å²) in [7, 11) is 2.09. The van der Waals surface area contributed by atoms with Crippen molar-refractivity contribution in [3.63, 3.8) is 0 Å². The summed E-state index contributed by atoms with van der Waals surface area (Å²) in [5.74, 6) is -0.638. The van der Waals surface area contributed by atoms with Crippen molar-refractivity contribution in [1.82, 2.24) is 14.7 Å². The van der Waals surface area contributed by atoms with E-state index in [0.717, 1.165) is 38.2 Å². The van der Waals surface area contributed by atoms with Crippen molar-refractivity contribution in [2.75, 3.05) is 39.8 Å². The summed E-state index contributed by atoms with van der Waals surface area (Å²) in [5, 5.41) is 0. The van der Waals surface area contributed by atoms with Crippen LogP contribution in [0.5, 0.6) is 0 Å². The fourth-order valence-corrected chi connectivity index (χ4v) is 5.59. The molecule has 4 aliphatic rings. The van der Waals surface area contributed by atoms with Crippen molar-refractivity contribution in [3.8, 4) is 0 Å². The minimum atomic E-state index is -0.634. The van der Waals surface area contributed by atoms with Gasteiger partial charge in [0.15, 0.2) is 0 Å². The van der Waals surface area contributed by atoms with Gasteiger partial charge in [0.05, 0.1) is 24.5 Å². The highest BCUT2D eigenvalue weighted by Gasteiger charge is 2.67. The van der Waals surface area contributed by atoms with Crippen molar-refractivity contribution in [3.05, 3.63) is 47.0 Å². The summed E-state index contributed by atoms with van der Waals surface area (Å²) in [5.41, 5.74) is 2.97. The zero-order valence-corrected chi connectivity index (χ0v) is 18.1. The fourth-order valence-electron chi connectivity index (χ4n) is 5.59. The number of benzene rings is 1. The van der Waals surface area contributed by atoms with Gasteiger partial charge in [0, 0.05) is 26.2 Å². The fraction of sp³-hybridized carbons (Fsp3) is 0.583. The van der Waals surface area contributed by atoms with Crippen LogP contribution in [0.25, 0.3) is 0 Å². The minimum absolute atomic E-state index is 0.0605. The number of likely N-dealkylation sites (N-methyl/N-ethyl adjacent to an activating group) is 1. The SMILES string of the molecule is Cc1ccc(CN2C[C@]34C=C[C@H](O3)[C@H](C(=O)N3CCCN(C)CC3)[C@H]4C2=O)cc1C. The van der Waals surface area contributed by atoms with E-state index in [1.807, 2.05) is 22.0 Å². The van der Waals surface area contributed by atoms with E-state index in [1.165, 1.54) is 11.1 Å². The van der Waals surface area contributed by atoms with Crippen molar-refractivity contribution in [2.45, 2.75) is 38.5 Å². The Bertz CT molecular complexity index is 913. The number of aryl methyl sites for hydroxylation is 2. The Morgan fingerprint density at radius 2 is 2.00 bits per heavy atom. The van der Waals surface area contributed by atoms with Crippen LogP contribution in [0.1, 0.15) is 23.1 Å². The number of likely N-dealkylation sites (tertiary alicyclic amines) is 1. The van der Waals surface area contributed by atoms with Gasteiger partial charge < -0.3 is 19.4 Å². The van der Waals surface area contributed by atoms with Crippen molar-refractivity contribution in [2.24, 2.45) is 11.8 Å². The Balaban J connectivity index is 1.37. The molecule has 4 aliphatic heterocycles. The average Bonchev–Trinajstić information content (AvgIpc) is 3.28. The predicted molar refractivity (Wildman–Crippen MR) is 114 cm³/mol. The quantitative estimate of drug-likeness (QED) is 0.714. The van der Waals surface area contributed by atoms with E-state index < -0.39 is 17.4 Å². The summed E-state index contributed by atoms with van der Waals surface area (Å²) in [6, 6.07) is 6.35. The predicted octanol–water partition coefficient (Wildman–Crippen LogP) is 1.75. The largest absolute Gasteiger partial charge is 0.360 e. The molecule has 3 saturated heterocycles. The van der Waals surface area contributed by atoms with E-state index in [-0.39, 0.29) is 17.9 Å². The van der Waals surface area contributed by atoms with E-state index >= 15 is 0 Å². The third-order valence-electron chi connectivity index (χ3n) is 7.44. The lowest BCUT2D eigenvalue weighted by atomic mass is 9.76. The van der Waals surface area contributed by atoms with Crippen LogP contribution in [0.4, 0.5) is 0 Å². The normalized spacial score (nSPS) is 33.3. The van der Waals surface area contributed by atoms with Gasteiger partial charge in [0.25, 0.3) is 0 Å². The first-order valence-corrected chi connectivity index (χ1v) is 11.1. The number of hydrogen-bond acceptors (Lipinski definition) is 4. The van der Waals surface area contributed by atoms with Crippen LogP contribution < -0.4 is 0 Å². The highest BCUT2D eigenvalue weighted by molar-refractivity contribution is 5.93. The molecule has 0 aliphatic carbocycles. The third kappa shape index (κ3) is 3.08. The maximum absolute atomic E-state index is 13.5. The maximum atomic E-state index is 13.5. The van der Waals surface area contributed by atoms with E-state index in [2.05, 4.69) is 44.0 Å². The average molecular weight is 410 g/mol. The molecule has 1 aromatic carbocycles. The molecular weight excluding hydrogens is 378 g/mol. The smallest absolute Gasteiger partial charge is 0.230 e. The lowest BCUT2D eigenvalue weighted by Crippen LogP contribution is -2.47. The molecule has 160 valence electrons. The van der Waals surface area contributed by atoms with E-state index in [0.29, 0.717) is 13.1 Å². The minimum Gasteiger partial charge on any atom is -0.360 e. The molecule has 6 nitrogen and oxygen atoms in total. The first-order chi connectivity index (χ1) is 14.4. The molecule has 2 amide bonds. The molecule has 1 spiro atoms. The summed E-state index contributed by atoms with van der Waals surface area (Å²) in [6.07, 6.45) is 4.76. The van der Waals surface area contributed by atoms with Gasteiger partial charge >= 0.3 is 0 Å². The Kier molecular flexibility index (Phi) is 4.75. The number of fused-ring (bicyclic) bond motifs is 1. The van der Waals surface area contributed by atoms with Crippen molar-refractivity contribution < 1.29 is 14.3 Å². The van der Waals surface area contributed by atoms with Crippen LogP contribution in [-0.2, 0) is 20.9 Å². The lowest BCUT2D eigenvalue weighted by Gasteiger charge is -2.29. The standard InChI is InChI=1S/C24H31N3O3/c1-16-5-6-18(13-17(16)2)14-27-15-24-8-7-19(30-24)20(21(24)23(27)29)22(28)26-10-4-9-25(3)11-12-26/h5-8,13,19-21H,4,9-12,14-15H2,1-3H3/t19-,20-,21-,24-/m0/s1. The van der Waals surface area contributed by atoms with E-state index in [9.17, 15) is 9.59 Å². The number of carbonyl (C=O) groups excluding carboxylic acids is 2. The van der Waals surface area contributed by atoms with Gasteiger partial charge in [0.2, 0.25) is 11.8 Å². The van der Waals surface area contributed by atoms with Gasteiger partial charge in [0.1, 0.15) is 5.60 Å². The third-order valence-corrected chi connectivity index (χ3v) is 7.44. The van der Waals surface area contributed by atoms with Gasteiger partial charge in [-0.25, -0.2) is 0 Å². The van der Waals surface area contributed by atoms with E-state index in [1.54, 1.807) is 0 Å². The molecule has 0 N–H and O–H groups in total. The highest BCUT2D eigenvalue weighted by atomic mass is 16.5. The van der Waals surface area contributed by atoms with E-state index in [4.69, 9.17) is 4.74 Å². The summed E-state index contributed by atoms with van der Waals surface area (Å²) in [4.78, 5) is 33.1. The van der Waals surface area contributed by atoms with Crippen LogP contribution in [0.3, 0.4) is 0 Å². The molecule has 5 rings (SSSR count). The van der Waals surface area contributed by atoms with Crippen LogP contribution in [0, 0.1) is 25.7 Å². The summed E-state index contributed by atoms with van der Waals surface area (Å²) in [6.45, 7) is 8.65. The van der Waals surface area contributed by atoms with Gasteiger partial charge in [-0.15, -0.1) is 0 Å². The molecular formula is C24H31N3O3. The molecule has 0 aromatic heterocycles. The van der Waals surface area contributed by atoms with Crippen LogP contribution in [0.15, 0.2) is 30.4 Å². The number of amides is 2. The second-order valence-electron chi connectivity index (χ2n) is 9.50. The summed E-state index contributed by atoms with van der Waals surface area (Å²) >= 11 is 0. The first-order valence-electron chi connectivity index (χ1n) is 11.1. The maximum Gasteiger partial charge on any atom is 0.230 e. The highest BCUT2D eigenvalue weighted by Crippen LogP contribution is 2.52. The molecule has 0 unspecified atom stereocenters. The molecule has 0 saturated carbocycles. The first kappa shape index (κ1) is 19.8. The molecule has 1 aromatic rings. The van der Waals surface area contributed by atoms with Crippen LogP contribution in [0.2, 0.25) is 0 Å². The number of hydrogen-bond donors (Lipinski definition) is 0. The molecule has 3 fully saturated rings. The number of ether oxygens (including phenoxy) is 1. The van der Waals surface area contributed by atoms with Crippen LogP contribution >= 0.6 is 0 Å². The Morgan fingerprint density at radius 3 is 2.80 bits per heavy atom. The molecule has 4 atom stereocenters. The van der Waals surface area contributed by atoms with Crippen molar-refractivity contribution in [1.29, 1.82) is 0 Å². The molecule has 6 heteroatoms. The number of rotatable bonds is 3. The van der Waals surface area contributed by atoms with Crippen LogP contribution in [-0.4, -0.2) is 78.0 Å². The van der Waals surface area contributed by atoms with Crippen molar-refractivity contribution >= 4 is 11.8 Å². The zero-order valence-electron chi connectivity index (χ0n) is 18.1. The number of carbonyl (C=O) groups is 2. The Hall–Kier alpha value is -2.18. The van der Waals surface area contributed by atoms with Gasteiger partial charge in [-0.1, -0.05) is 30.4 Å². The second-order valence-corrected chi connectivity index (χ2v) is 9.50. The molecule has 0 radical (unpaired) electrons. The second kappa shape index (κ2) is 7.20. The Morgan fingerprint density at radius 1 is 1.17 bits per heavy atom. The van der Waals surface area contributed by atoms with Gasteiger partial charge in [-0.2, -0.15) is 0 Å². The topological polar surface area (TPSA) is 53.1 Å². The van der Waals surface area contributed by atoms with Gasteiger partial charge in [-0.05, 0) is 50.6 Å². The zero-order chi connectivity index (χ0) is 21.0. The molecule has 4 heterocycles. The Labute approximate surface area is 178 Å². The molecule has 30 heavy (non-hydrogen) atoms. The lowest BCUT2D eigenvalue weighted by molar-refractivity contribution is -0.143. The summed E-state index contributed by atoms with van der Waals surface area (Å²) < 4.78 is 6.31. The van der Waals surface area contributed by atoms with Gasteiger partial charge in [-0.3, -0.25) is 9.59 Å².